The van der Waals surface area contributed by atoms with Gasteiger partial charge in [0.2, 0.25) is 0 Å². The first-order chi connectivity index (χ1) is 9.97. The van der Waals surface area contributed by atoms with Crippen LogP contribution in [0.25, 0.3) is 10.9 Å². The Morgan fingerprint density at radius 3 is 2.62 bits per heavy atom. The van der Waals surface area contributed by atoms with E-state index in [4.69, 9.17) is 5.73 Å². The van der Waals surface area contributed by atoms with Crippen LogP contribution in [-0.4, -0.2) is 10.8 Å². The lowest BCUT2D eigenvalue weighted by Gasteiger charge is -2.08. The van der Waals surface area contributed by atoms with E-state index in [0.29, 0.717) is 16.8 Å². The lowest BCUT2D eigenvalue weighted by molar-refractivity contribution is 0.104. The summed E-state index contributed by atoms with van der Waals surface area (Å²) >= 11 is 3.43. The lowest BCUT2D eigenvalue weighted by Crippen LogP contribution is -2.05. The highest BCUT2D eigenvalue weighted by Gasteiger charge is 2.17. The van der Waals surface area contributed by atoms with E-state index in [1.165, 1.54) is 0 Å². The fraction of sp³-hybridized carbons (Fsp3) is 0.118. The number of carbonyl (C=O) groups excluding carboxylic acids is 1. The van der Waals surface area contributed by atoms with Crippen LogP contribution in [0.3, 0.4) is 0 Å². The molecule has 0 aliphatic rings. The van der Waals surface area contributed by atoms with Crippen molar-refractivity contribution in [3.63, 3.8) is 0 Å². The molecule has 3 rings (SSSR count). The molecule has 3 aromatic rings. The summed E-state index contributed by atoms with van der Waals surface area (Å²) in [6.45, 7) is 3.88. The maximum absolute atomic E-state index is 12.8. The molecular weight excluding hydrogens is 328 g/mol. The van der Waals surface area contributed by atoms with Gasteiger partial charge in [-0.15, -0.1) is 0 Å². The molecule has 0 bridgehead atoms. The number of fused-ring (bicyclic) bond motifs is 1. The maximum Gasteiger partial charge on any atom is 0.195 e. The molecule has 106 valence electrons. The van der Waals surface area contributed by atoms with Gasteiger partial charge < -0.3 is 10.7 Å². The number of ketones is 1. The molecule has 0 spiro atoms. The number of halogens is 1. The zero-order valence-electron chi connectivity index (χ0n) is 11.8. The van der Waals surface area contributed by atoms with Gasteiger partial charge in [-0.1, -0.05) is 28.1 Å². The second-order valence-electron chi connectivity index (χ2n) is 5.25. The zero-order valence-corrected chi connectivity index (χ0v) is 13.4. The number of aromatic nitrogens is 1. The second kappa shape index (κ2) is 5.04. The third-order valence-corrected chi connectivity index (χ3v) is 4.24. The Labute approximate surface area is 131 Å². The summed E-state index contributed by atoms with van der Waals surface area (Å²) in [7, 11) is 0. The number of aryl methyl sites for hydroxylation is 2. The number of rotatable bonds is 2. The number of hydrogen-bond donors (Lipinski definition) is 2. The average molecular weight is 343 g/mol. The number of hydrogen-bond acceptors (Lipinski definition) is 2. The monoisotopic (exact) mass is 342 g/mol. The summed E-state index contributed by atoms with van der Waals surface area (Å²) in [5, 5.41) is 0.918. The molecule has 2 aromatic carbocycles. The maximum atomic E-state index is 12.8. The highest BCUT2D eigenvalue weighted by atomic mass is 79.9. The summed E-state index contributed by atoms with van der Waals surface area (Å²) in [5.41, 5.74) is 10.8. The van der Waals surface area contributed by atoms with Crippen LogP contribution < -0.4 is 5.73 Å². The van der Waals surface area contributed by atoms with Crippen LogP contribution in [0.15, 0.2) is 41.0 Å². The van der Waals surface area contributed by atoms with Gasteiger partial charge in [-0.05, 0) is 43.2 Å². The van der Waals surface area contributed by atoms with Crippen molar-refractivity contribution in [3.8, 4) is 0 Å². The fourth-order valence-corrected chi connectivity index (χ4v) is 2.91. The van der Waals surface area contributed by atoms with Gasteiger partial charge in [-0.2, -0.15) is 0 Å². The molecule has 1 aromatic heterocycles. The van der Waals surface area contributed by atoms with E-state index in [9.17, 15) is 4.79 Å². The standard InChI is InChI=1S/C17H15BrN2O/c1-9-5-10(2)15(19)7-13(9)17(21)14-8-20-16-6-11(18)3-4-12(14)16/h3-8,20H,19H2,1-2H3. The van der Waals surface area contributed by atoms with Gasteiger partial charge in [0.05, 0.1) is 0 Å². The van der Waals surface area contributed by atoms with Gasteiger partial charge in [0.15, 0.2) is 5.78 Å². The smallest absolute Gasteiger partial charge is 0.195 e. The molecule has 4 heteroatoms. The fourth-order valence-electron chi connectivity index (χ4n) is 2.55. The molecule has 0 fully saturated rings. The molecule has 21 heavy (non-hydrogen) atoms. The predicted molar refractivity (Wildman–Crippen MR) is 89.8 cm³/mol. The summed E-state index contributed by atoms with van der Waals surface area (Å²) in [5.74, 6) is -0.00669. The van der Waals surface area contributed by atoms with Crippen molar-refractivity contribution in [1.29, 1.82) is 0 Å². The van der Waals surface area contributed by atoms with Gasteiger partial charge in [0, 0.05) is 38.4 Å². The van der Waals surface area contributed by atoms with Gasteiger partial charge in [-0.25, -0.2) is 0 Å². The van der Waals surface area contributed by atoms with Crippen molar-refractivity contribution in [1.82, 2.24) is 4.98 Å². The number of nitrogens with two attached hydrogens (primary N) is 1. The number of H-pyrrole nitrogens is 1. The Morgan fingerprint density at radius 2 is 1.86 bits per heavy atom. The Morgan fingerprint density at radius 1 is 1.10 bits per heavy atom. The molecule has 0 atom stereocenters. The van der Waals surface area contributed by atoms with Gasteiger partial charge in [-0.3, -0.25) is 4.79 Å². The number of carbonyl (C=O) groups is 1. The van der Waals surface area contributed by atoms with Crippen LogP contribution in [0.4, 0.5) is 5.69 Å². The van der Waals surface area contributed by atoms with E-state index in [1.54, 1.807) is 12.3 Å². The molecule has 0 amide bonds. The Bertz CT molecular complexity index is 865. The number of anilines is 1. The third kappa shape index (κ3) is 2.36. The lowest BCUT2D eigenvalue weighted by atomic mass is 9.96. The van der Waals surface area contributed by atoms with E-state index in [2.05, 4.69) is 20.9 Å². The molecule has 0 aliphatic heterocycles. The van der Waals surface area contributed by atoms with Gasteiger partial charge >= 0.3 is 0 Å². The Kier molecular flexibility index (Phi) is 3.33. The van der Waals surface area contributed by atoms with Crippen molar-refractivity contribution in [2.75, 3.05) is 5.73 Å². The van der Waals surface area contributed by atoms with Crippen LogP contribution >= 0.6 is 15.9 Å². The topological polar surface area (TPSA) is 58.9 Å². The second-order valence-corrected chi connectivity index (χ2v) is 6.16. The van der Waals surface area contributed by atoms with Crippen LogP contribution in [0.1, 0.15) is 27.0 Å². The Hall–Kier alpha value is -2.07. The summed E-state index contributed by atoms with van der Waals surface area (Å²) in [4.78, 5) is 15.9. The van der Waals surface area contributed by atoms with Crippen molar-refractivity contribution in [2.24, 2.45) is 0 Å². The predicted octanol–water partition coefficient (Wildman–Crippen LogP) is 4.36. The molecule has 3 nitrogen and oxygen atoms in total. The van der Waals surface area contributed by atoms with Crippen LogP contribution in [0.5, 0.6) is 0 Å². The first kappa shape index (κ1) is 13.9. The highest BCUT2D eigenvalue weighted by molar-refractivity contribution is 9.10. The van der Waals surface area contributed by atoms with Crippen molar-refractivity contribution < 1.29 is 4.79 Å². The largest absolute Gasteiger partial charge is 0.398 e. The SMILES string of the molecule is Cc1cc(C)c(C(=O)c2c[nH]c3cc(Br)ccc23)cc1N. The molecule has 0 aliphatic carbocycles. The van der Waals surface area contributed by atoms with E-state index in [1.807, 2.05) is 38.1 Å². The van der Waals surface area contributed by atoms with Crippen molar-refractivity contribution >= 4 is 38.3 Å². The van der Waals surface area contributed by atoms with E-state index in [0.717, 1.165) is 26.5 Å². The first-order valence-electron chi connectivity index (χ1n) is 6.65. The highest BCUT2D eigenvalue weighted by Crippen LogP contribution is 2.26. The van der Waals surface area contributed by atoms with Crippen molar-refractivity contribution in [3.05, 3.63) is 63.3 Å². The van der Waals surface area contributed by atoms with E-state index < -0.39 is 0 Å². The first-order valence-corrected chi connectivity index (χ1v) is 7.44. The summed E-state index contributed by atoms with van der Waals surface area (Å²) in [6, 6.07) is 9.56. The minimum absolute atomic E-state index is 0.00669. The third-order valence-electron chi connectivity index (χ3n) is 3.75. The number of aromatic amines is 1. The molecule has 1 heterocycles. The normalized spacial score (nSPS) is 11.0. The molecule has 3 N–H and O–H groups in total. The zero-order chi connectivity index (χ0) is 15.1. The summed E-state index contributed by atoms with van der Waals surface area (Å²) < 4.78 is 0.978. The minimum Gasteiger partial charge on any atom is -0.398 e. The average Bonchev–Trinajstić information content (AvgIpc) is 2.85. The van der Waals surface area contributed by atoms with Crippen molar-refractivity contribution in [2.45, 2.75) is 13.8 Å². The quantitative estimate of drug-likeness (QED) is 0.536. The van der Waals surface area contributed by atoms with Crippen LogP contribution in [-0.2, 0) is 0 Å². The molecule has 0 radical (unpaired) electrons. The number of nitrogens with one attached hydrogen (secondary N) is 1. The summed E-state index contributed by atoms with van der Waals surface area (Å²) in [6.07, 6.45) is 1.76. The van der Waals surface area contributed by atoms with E-state index in [-0.39, 0.29) is 5.78 Å². The van der Waals surface area contributed by atoms with Gasteiger partial charge in [0.25, 0.3) is 0 Å². The number of nitrogen functional groups attached to an aromatic ring is 1. The molecule has 0 saturated heterocycles. The molecular formula is C17H15BrN2O. The van der Waals surface area contributed by atoms with Crippen LogP contribution in [0.2, 0.25) is 0 Å². The minimum atomic E-state index is -0.00669. The number of benzene rings is 2. The molecule has 0 unspecified atom stereocenters. The van der Waals surface area contributed by atoms with Gasteiger partial charge in [0.1, 0.15) is 0 Å². The Balaban J connectivity index is 2.15. The van der Waals surface area contributed by atoms with E-state index >= 15 is 0 Å². The van der Waals surface area contributed by atoms with Crippen LogP contribution in [0, 0.1) is 13.8 Å². The molecule has 0 saturated carbocycles.